The van der Waals surface area contributed by atoms with Gasteiger partial charge in [-0.3, -0.25) is 0 Å². The van der Waals surface area contributed by atoms with E-state index in [2.05, 4.69) is 31.3 Å². The van der Waals surface area contributed by atoms with Crippen LogP contribution in [-0.2, 0) is 0 Å². The summed E-state index contributed by atoms with van der Waals surface area (Å²) in [5.41, 5.74) is 2.59. The van der Waals surface area contributed by atoms with Gasteiger partial charge < -0.3 is 5.32 Å². The number of hydrogen-bond donors (Lipinski definition) is 1. The second-order valence-corrected chi connectivity index (χ2v) is 5.54. The Bertz CT molecular complexity index is 371. The summed E-state index contributed by atoms with van der Waals surface area (Å²) in [6.07, 6.45) is 5.31. The lowest BCUT2D eigenvalue weighted by molar-refractivity contribution is 0.231. The molecule has 94 valence electrons. The minimum atomic E-state index is 0.527. The van der Waals surface area contributed by atoms with E-state index in [9.17, 15) is 0 Å². The lowest BCUT2D eigenvalue weighted by atomic mass is 9.77. The molecule has 1 aliphatic rings. The molecule has 1 N–H and O–H groups in total. The zero-order valence-corrected chi connectivity index (χ0v) is 11.6. The molecule has 1 aliphatic carbocycles. The molecule has 0 spiro atoms. The Morgan fingerprint density at radius 3 is 2.71 bits per heavy atom. The molecule has 1 unspecified atom stereocenters. The summed E-state index contributed by atoms with van der Waals surface area (Å²) >= 11 is 6.10. The van der Waals surface area contributed by atoms with E-state index >= 15 is 0 Å². The highest BCUT2D eigenvalue weighted by Crippen LogP contribution is 2.38. The lowest BCUT2D eigenvalue weighted by Gasteiger charge is -2.35. The summed E-state index contributed by atoms with van der Waals surface area (Å²) in [5.74, 6) is 0.821. The van der Waals surface area contributed by atoms with Crippen LogP contribution in [0.4, 0.5) is 0 Å². The van der Waals surface area contributed by atoms with Crippen molar-refractivity contribution < 1.29 is 0 Å². The molecule has 0 saturated heterocycles. The largest absolute Gasteiger partial charge is 0.310 e. The van der Waals surface area contributed by atoms with Crippen molar-refractivity contribution in [3.8, 4) is 0 Å². The maximum absolute atomic E-state index is 6.10. The third kappa shape index (κ3) is 3.02. The molecule has 1 saturated carbocycles. The molecule has 0 radical (unpaired) electrons. The van der Waals surface area contributed by atoms with Crippen molar-refractivity contribution >= 4 is 11.6 Å². The molecule has 0 aromatic heterocycles. The van der Waals surface area contributed by atoms with E-state index in [1.807, 2.05) is 6.07 Å². The van der Waals surface area contributed by atoms with Crippen LogP contribution in [0.2, 0.25) is 5.02 Å². The molecule has 1 nitrogen and oxygen atoms in total. The van der Waals surface area contributed by atoms with Crippen LogP contribution in [0.3, 0.4) is 0 Å². The van der Waals surface area contributed by atoms with Crippen molar-refractivity contribution in [1.82, 2.24) is 5.32 Å². The van der Waals surface area contributed by atoms with Crippen LogP contribution in [-0.4, -0.2) is 6.54 Å². The second-order valence-electron chi connectivity index (χ2n) is 5.13. The minimum Gasteiger partial charge on any atom is -0.310 e. The SMILES string of the molecule is CCCNC(c1ccc(Cl)c(C)c1)C1CCC1. The molecular formula is C15H22ClN. The highest BCUT2D eigenvalue weighted by Gasteiger charge is 2.27. The first-order chi connectivity index (χ1) is 8.22. The molecule has 1 aromatic rings. The molecule has 2 rings (SSSR count). The molecule has 0 aliphatic heterocycles. The Balaban J connectivity index is 2.15. The summed E-state index contributed by atoms with van der Waals surface area (Å²) in [4.78, 5) is 0. The Morgan fingerprint density at radius 1 is 1.41 bits per heavy atom. The van der Waals surface area contributed by atoms with Crippen LogP contribution in [0.25, 0.3) is 0 Å². The van der Waals surface area contributed by atoms with Gasteiger partial charge in [0.25, 0.3) is 0 Å². The molecule has 0 amide bonds. The van der Waals surface area contributed by atoms with E-state index in [0.29, 0.717) is 6.04 Å². The topological polar surface area (TPSA) is 12.0 Å². The van der Waals surface area contributed by atoms with Gasteiger partial charge in [0, 0.05) is 11.1 Å². The third-order valence-electron chi connectivity index (χ3n) is 3.78. The number of hydrogen-bond acceptors (Lipinski definition) is 1. The summed E-state index contributed by atoms with van der Waals surface area (Å²) in [6, 6.07) is 6.99. The summed E-state index contributed by atoms with van der Waals surface area (Å²) in [7, 11) is 0. The van der Waals surface area contributed by atoms with Crippen LogP contribution in [0.5, 0.6) is 0 Å². The van der Waals surface area contributed by atoms with Gasteiger partial charge in [0.1, 0.15) is 0 Å². The number of rotatable bonds is 5. The maximum Gasteiger partial charge on any atom is 0.0435 e. The monoisotopic (exact) mass is 251 g/mol. The number of halogens is 1. The molecule has 1 fully saturated rings. The molecule has 2 heteroatoms. The van der Waals surface area contributed by atoms with Gasteiger partial charge in [-0.25, -0.2) is 0 Å². The van der Waals surface area contributed by atoms with Crippen molar-refractivity contribution in [3.05, 3.63) is 34.3 Å². The molecule has 0 heterocycles. The molecule has 1 aromatic carbocycles. The summed E-state index contributed by atoms with van der Waals surface area (Å²) in [5, 5.41) is 4.56. The van der Waals surface area contributed by atoms with Crippen molar-refractivity contribution in [2.45, 2.75) is 45.6 Å². The summed E-state index contributed by atoms with van der Waals surface area (Å²) in [6.45, 7) is 5.41. The first kappa shape index (κ1) is 12.9. The van der Waals surface area contributed by atoms with Crippen molar-refractivity contribution in [3.63, 3.8) is 0 Å². The van der Waals surface area contributed by atoms with E-state index in [1.54, 1.807) is 0 Å². The lowest BCUT2D eigenvalue weighted by Crippen LogP contribution is -2.32. The fourth-order valence-corrected chi connectivity index (χ4v) is 2.61. The molecule has 17 heavy (non-hydrogen) atoms. The number of benzene rings is 1. The zero-order chi connectivity index (χ0) is 12.3. The number of nitrogens with one attached hydrogen (secondary N) is 1. The van der Waals surface area contributed by atoms with Crippen LogP contribution >= 0.6 is 11.6 Å². The highest BCUT2D eigenvalue weighted by molar-refractivity contribution is 6.31. The normalized spacial score (nSPS) is 17.8. The predicted molar refractivity (Wildman–Crippen MR) is 74.6 cm³/mol. The molecule has 0 bridgehead atoms. The Kier molecular flexibility index (Phi) is 4.47. The van der Waals surface area contributed by atoms with Gasteiger partial charge in [0.2, 0.25) is 0 Å². The maximum atomic E-state index is 6.10. The van der Waals surface area contributed by atoms with Crippen LogP contribution in [0.1, 0.15) is 49.8 Å². The van der Waals surface area contributed by atoms with E-state index in [4.69, 9.17) is 11.6 Å². The Labute approximate surface area is 110 Å². The zero-order valence-electron chi connectivity index (χ0n) is 10.8. The van der Waals surface area contributed by atoms with Gasteiger partial charge in [0.15, 0.2) is 0 Å². The van der Waals surface area contributed by atoms with E-state index in [1.165, 1.54) is 36.8 Å². The second kappa shape index (κ2) is 5.88. The fraction of sp³-hybridized carbons (Fsp3) is 0.600. The van der Waals surface area contributed by atoms with Crippen LogP contribution in [0, 0.1) is 12.8 Å². The van der Waals surface area contributed by atoms with Crippen LogP contribution < -0.4 is 5.32 Å². The number of aryl methyl sites for hydroxylation is 1. The first-order valence-corrected chi connectivity index (χ1v) is 7.09. The van der Waals surface area contributed by atoms with Gasteiger partial charge in [-0.2, -0.15) is 0 Å². The Morgan fingerprint density at radius 2 is 2.18 bits per heavy atom. The van der Waals surface area contributed by atoms with Gasteiger partial charge >= 0.3 is 0 Å². The van der Waals surface area contributed by atoms with Gasteiger partial charge in [-0.05, 0) is 55.8 Å². The van der Waals surface area contributed by atoms with E-state index in [-0.39, 0.29) is 0 Å². The van der Waals surface area contributed by atoms with E-state index < -0.39 is 0 Å². The predicted octanol–water partition coefficient (Wildman–Crippen LogP) is 4.49. The molecular weight excluding hydrogens is 230 g/mol. The average Bonchev–Trinajstić information content (AvgIpc) is 2.25. The third-order valence-corrected chi connectivity index (χ3v) is 4.20. The van der Waals surface area contributed by atoms with Crippen LogP contribution in [0.15, 0.2) is 18.2 Å². The van der Waals surface area contributed by atoms with Gasteiger partial charge in [-0.15, -0.1) is 0 Å². The first-order valence-electron chi connectivity index (χ1n) is 6.71. The van der Waals surface area contributed by atoms with Crippen molar-refractivity contribution in [1.29, 1.82) is 0 Å². The average molecular weight is 252 g/mol. The van der Waals surface area contributed by atoms with Crippen molar-refractivity contribution in [2.75, 3.05) is 6.54 Å². The smallest absolute Gasteiger partial charge is 0.0435 e. The quantitative estimate of drug-likeness (QED) is 0.813. The summed E-state index contributed by atoms with van der Waals surface area (Å²) < 4.78 is 0. The van der Waals surface area contributed by atoms with Crippen molar-refractivity contribution in [2.24, 2.45) is 5.92 Å². The fourth-order valence-electron chi connectivity index (χ4n) is 2.49. The standard InChI is InChI=1S/C15H22ClN/c1-3-9-17-15(12-5-4-6-12)13-7-8-14(16)11(2)10-13/h7-8,10,12,15,17H,3-6,9H2,1-2H3. The van der Waals surface area contributed by atoms with Gasteiger partial charge in [-0.1, -0.05) is 37.1 Å². The minimum absolute atomic E-state index is 0.527. The Hall–Kier alpha value is -0.530. The molecule has 1 atom stereocenters. The van der Waals surface area contributed by atoms with E-state index in [0.717, 1.165) is 17.5 Å². The highest BCUT2D eigenvalue weighted by atomic mass is 35.5. The van der Waals surface area contributed by atoms with Gasteiger partial charge in [0.05, 0.1) is 0 Å².